The zero-order valence-electron chi connectivity index (χ0n) is 11.0. The summed E-state index contributed by atoms with van der Waals surface area (Å²) in [6.07, 6.45) is 12.0. The Labute approximate surface area is 100 Å². The summed E-state index contributed by atoms with van der Waals surface area (Å²) in [6.45, 7) is 4.52. The number of hydrogen-bond donors (Lipinski definition) is 1. The van der Waals surface area contributed by atoms with Crippen molar-refractivity contribution in [3.63, 3.8) is 0 Å². The van der Waals surface area contributed by atoms with Gasteiger partial charge in [-0.15, -0.1) is 0 Å². The van der Waals surface area contributed by atoms with Gasteiger partial charge in [0.05, 0.1) is 0 Å². The van der Waals surface area contributed by atoms with Crippen molar-refractivity contribution in [2.24, 2.45) is 11.7 Å². The fourth-order valence-electron chi connectivity index (χ4n) is 3.66. The molecule has 0 amide bonds. The van der Waals surface area contributed by atoms with E-state index in [1.807, 2.05) is 0 Å². The van der Waals surface area contributed by atoms with Crippen LogP contribution in [-0.4, -0.2) is 5.54 Å². The summed E-state index contributed by atoms with van der Waals surface area (Å²) in [5.41, 5.74) is 10.1. The highest BCUT2D eigenvalue weighted by molar-refractivity contribution is 5.13. The third-order valence-electron chi connectivity index (χ3n) is 4.89. The van der Waals surface area contributed by atoms with Crippen LogP contribution >= 0.6 is 0 Å². The minimum atomic E-state index is 0.200. The fourth-order valence-corrected chi connectivity index (χ4v) is 3.66. The van der Waals surface area contributed by atoms with Gasteiger partial charge in [0.25, 0.3) is 0 Å². The SMILES string of the molecule is CC(C)=C1CCC(C2(N)CCCCC2)CC1. The Balaban J connectivity index is 1.95. The predicted octanol–water partition coefficient (Wildman–Crippen LogP) is 4.17. The first kappa shape index (κ1) is 12.2. The van der Waals surface area contributed by atoms with Crippen molar-refractivity contribution in [1.82, 2.24) is 0 Å². The van der Waals surface area contributed by atoms with Crippen LogP contribution in [0.3, 0.4) is 0 Å². The van der Waals surface area contributed by atoms with E-state index in [4.69, 9.17) is 5.73 Å². The van der Waals surface area contributed by atoms with Crippen LogP contribution in [-0.2, 0) is 0 Å². The summed E-state index contributed by atoms with van der Waals surface area (Å²) < 4.78 is 0. The van der Waals surface area contributed by atoms with E-state index < -0.39 is 0 Å². The molecular formula is C15H27N. The van der Waals surface area contributed by atoms with E-state index in [2.05, 4.69) is 13.8 Å². The van der Waals surface area contributed by atoms with Gasteiger partial charge in [0, 0.05) is 5.54 Å². The van der Waals surface area contributed by atoms with E-state index in [1.165, 1.54) is 57.8 Å². The molecule has 0 heterocycles. The molecular weight excluding hydrogens is 194 g/mol. The molecule has 0 bridgehead atoms. The normalized spacial score (nSPS) is 30.2. The molecule has 0 spiro atoms. The minimum Gasteiger partial charge on any atom is -0.325 e. The van der Waals surface area contributed by atoms with Crippen LogP contribution in [0.4, 0.5) is 0 Å². The van der Waals surface area contributed by atoms with E-state index >= 15 is 0 Å². The van der Waals surface area contributed by atoms with Crippen LogP contribution in [0.15, 0.2) is 11.1 Å². The van der Waals surface area contributed by atoms with E-state index in [0.717, 1.165) is 5.92 Å². The monoisotopic (exact) mass is 221 g/mol. The average molecular weight is 221 g/mol. The molecule has 1 nitrogen and oxygen atoms in total. The summed E-state index contributed by atoms with van der Waals surface area (Å²) in [6, 6.07) is 0. The molecule has 2 N–H and O–H groups in total. The van der Waals surface area contributed by atoms with Gasteiger partial charge in [0.2, 0.25) is 0 Å². The summed E-state index contributed by atoms with van der Waals surface area (Å²) >= 11 is 0. The molecule has 2 fully saturated rings. The lowest BCUT2D eigenvalue weighted by Gasteiger charge is -2.43. The van der Waals surface area contributed by atoms with Gasteiger partial charge in [0.1, 0.15) is 0 Å². The first-order valence-electron chi connectivity index (χ1n) is 7.06. The third kappa shape index (κ3) is 2.51. The second kappa shape index (κ2) is 4.91. The van der Waals surface area contributed by atoms with Crippen molar-refractivity contribution >= 4 is 0 Å². The molecule has 0 aliphatic heterocycles. The van der Waals surface area contributed by atoms with Crippen molar-refractivity contribution in [2.75, 3.05) is 0 Å². The molecule has 0 saturated heterocycles. The van der Waals surface area contributed by atoms with Crippen LogP contribution in [0.5, 0.6) is 0 Å². The van der Waals surface area contributed by atoms with Crippen LogP contribution < -0.4 is 5.73 Å². The number of rotatable bonds is 1. The highest BCUT2D eigenvalue weighted by Crippen LogP contribution is 2.41. The van der Waals surface area contributed by atoms with Gasteiger partial charge in [-0.2, -0.15) is 0 Å². The average Bonchev–Trinajstić information content (AvgIpc) is 2.30. The Morgan fingerprint density at radius 2 is 1.62 bits per heavy atom. The molecule has 0 aromatic carbocycles. The summed E-state index contributed by atoms with van der Waals surface area (Å²) in [7, 11) is 0. The van der Waals surface area contributed by atoms with E-state index in [1.54, 1.807) is 11.1 Å². The quantitative estimate of drug-likeness (QED) is 0.661. The van der Waals surface area contributed by atoms with Gasteiger partial charge < -0.3 is 5.73 Å². The van der Waals surface area contributed by atoms with Gasteiger partial charge >= 0.3 is 0 Å². The number of allylic oxidation sites excluding steroid dienone is 2. The van der Waals surface area contributed by atoms with Gasteiger partial charge in [-0.1, -0.05) is 30.4 Å². The van der Waals surface area contributed by atoms with Crippen LogP contribution in [0, 0.1) is 5.92 Å². The lowest BCUT2D eigenvalue weighted by atomic mass is 9.67. The zero-order chi connectivity index (χ0) is 11.6. The molecule has 16 heavy (non-hydrogen) atoms. The van der Waals surface area contributed by atoms with E-state index in [9.17, 15) is 0 Å². The number of hydrogen-bond acceptors (Lipinski definition) is 1. The molecule has 0 unspecified atom stereocenters. The molecule has 0 atom stereocenters. The maximum absolute atomic E-state index is 6.64. The first-order chi connectivity index (χ1) is 7.62. The predicted molar refractivity (Wildman–Crippen MR) is 70.3 cm³/mol. The summed E-state index contributed by atoms with van der Waals surface area (Å²) in [5.74, 6) is 0.802. The molecule has 0 aromatic heterocycles. The molecule has 2 aliphatic rings. The van der Waals surface area contributed by atoms with Crippen molar-refractivity contribution in [1.29, 1.82) is 0 Å². The Kier molecular flexibility index (Phi) is 3.73. The Morgan fingerprint density at radius 3 is 2.12 bits per heavy atom. The molecule has 1 heteroatoms. The lowest BCUT2D eigenvalue weighted by Crippen LogP contribution is -2.49. The van der Waals surface area contributed by atoms with Gasteiger partial charge in [-0.3, -0.25) is 0 Å². The van der Waals surface area contributed by atoms with Crippen LogP contribution in [0.2, 0.25) is 0 Å². The second-order valence-electron chi connectivity index (χ2n) is 6.17. The fraction of sp³-hybridized carbons (Fsp3) is 0.867. The molecule has 2 aliphatic carbocycles. The zero-order valence-corrected chi connectivity index (χ0v) is 11.0. The second-order valence-corrected chi connectivity index (χ2v) is 6.17. The standard InChI is InChI=1S/C15H27N/c1-12(2)13-6-8-14(9-7-13)15(16)10-4-3-5-11-15/h14H,3-11,16H2,1-2H3. The molecule has 2 rings (SSSR count). The largest absolute Gasteiger partial charge is 0.325 e. The van der Waals surface area contributed by atoms with Gasteiger partial charge in [0.15, 0.2) is 0 Å². The third-order valence-corrected chi connectivity index (χ3v) is 4.89. The maximum Gasteiger partial charge on any atom is 0.0183 e. The molecule has 0 radical (unpaired) electrons. The summed E-state index contributed by atoms with van der Waals surface area (Å²) in [5, 5.41) is 0. The highest BCUT2D eigenvalue weighted by atomic mass is 14.8. The van der Waals surface area contributed by atoms with Crippen molar-refractivity contribution in [3.05, 3.63) is 11.1 Å². The highest BCUT2D eigenvalue weighted by Gasteiger charge is 2.37. The number of nitrogens with two attached hydrogens (primary N) is 1. The van der Waals surface area contributed by atoms with Gasteiger partial charge in [-0.05, 0) is 58.3 Å². The topological polar surface area (TPSA) is 26.0 Å². The Morgan fingerprint density at radius 1 is 1.06 bits per heavy atom. The molecule has 92 valence electrons. The van der Waals surface area contributed by atoms with E-state index in [0.29, 0.717) is 0 Å². The Hall–Kier alpha value is -0.300. The smallest absolute Gasteiger partial charge is 0.0183 e. The maximum atomic E-state index is 6.64. The van der Waals surface area contributed by atoms with Crippen LogP contribution in [0.25, 0.3) is 0 Å². The lowest BCUT2D eigenvalue weighted by molar-refractivity contribution is 0.166. The Bertz CT molecular complexity index is 257. The summed E-state index contributed by atoms with van der Waals surface area (Å²) in [4.78, 5) is 0. The van der Waals surface area contributed by atoms with Crippen LogP contribution in [0.1, 0.15) is 71.6 Å². The minimum absolute atomic E-state index is 0.200. The molecule has 0 aromatic rings. The first-order valence-corrected chi connectivity index (χ1v) is 7.06. The van der Waals surface area contributed by atoms with Crippen molar-refractivity contribution < 1.29 is 0 Å². The van der Waals surface area contributed by atoms with Crippen molar-refractivity contribution in [2.45, 2.75) is 77.2 Å². The molecule has 2 saturated carbocycles. The van der Waals surface area contributed by atoms with Crippen molar-refractivity contribution in [3.8, 4) is 0 Å². The van der Waals surface area contributed by atoms with Gasteiger partial charge in [-0.25, -0.2) is 0 Å². The van der Waals surface area contributed by atoms with E-state index in [-0.39, 0.29) is 5.54 Å².